The largest absolute Gasteiger partial charge is 0.207 e. The van der Waals surface area contributed by atoms with Crippen LogP contribution in [0.3, 0.4) is 0 Å². The summed E-state index contributed by atoms with van der Waals surface area (Å²) in [6, 6.07) is 54.4. The number of hydrogen-bond acceptors (Lipinski definition) is 0. The van der Waals surface area contributed by atoms with Gasteiger partial charge in [-0.15, -0.1) is 0 Å². The van der Waals surface area contributed by atoms with Gasteiger partial charge >= 0.3 is 0 Å². The van der Waals surface area contributed by atoms with Crippen molar-refractivity contribution in [3.63, 3.8) is 0 Å². The number of hydrogen-bond donors (Lipinski definition) is 0. The highest BCUT2D eigenvalue weighted by atomic mass is 19.1. The summed E-state index contributed by atoms with van der Waals surface area (Å²) in [5.74, 6) is -0.228. The molecular weight excluding hydrogens is 620 g/mol. The lowest BCUT2D eigenvalue weighted by Gasteiger charge is -2.23. The highest BCUT2D eigenvalue weighted by Crippen LogP contribution is 2.53. The molecule has 0 unspecified atom stereocenters. The topological polar surface area (TPSA) is 0 Å². The Labute approximate surface area is 298 Å². The minimum absolute atomic E-state index is 0.0603. The average Bonchev–Trinajstić information content (AvgIpc) is 3.53. The van der Waals surface area contributed by atoms with Crippen LogP contribution in [0.25, 0.3) is 77.2 Å². The van der Waals surface area contributed by atoms with E-state index in [1.54, 1.807) is 12.1 Å². The van der Waals surface area contributed by atoms with Gasteiger partial charge in [0.25, 0.3) is 0 Å². The highest BCUT2D eigenvalue weighted by Gasteiger charge is 2.36. The van der Waals surface area contributed by atoms with Gasteiger partial charge in [0.2, 0.25) is 0 Å². The quantitative estimate of drug-likeness (QED) is 0.166. The fourth-order valence-corrected chi connectivity index (χ4v) is 9.36. The van der Waals surface area contributed by atoms with Crippen LogP contribution in [0, 0.1) is 5.82 Å². The van der Waals surface area contributed by atoms with Crippen molar-refractivity contribution in [2.24, 2.45) is 0 Å². The summed E-state index contributed by atoms with van der Waals surface area (Å²) in [6.45, 7) is 9.35. The lowest BCUT2D eigenvalue weighted by atomic mass is 9.80. The van der Waals surface area contributed by atoms with Crippen molar-refractivity contribution in [3.8, 4) is 55.6 Å². The van der Waals surface area contributed by atoms with Crippen molar-refractivity contribution in [3.05, 3.63) is 180 Å². The predicted molar refractivity (Wildman–Crippen MR) is 213 cm³/mol. The smallest absolute Gasteiger partial charge is 0.123 e. The van der Waals surface area contributed by atoms with E-state index in [2.05, 4.69) is 155 Å². The monoisotopic (exact) mass is 656 g/mol. The maximum atomic E-state index is 14.3. The van der Waals surface area contributed by atoms with Gasteiger partial charge < -0.3 is 0 Å². The minimum atomic E-state index is -0.228. The van der Waals surface area contributed by atoms with Gasteiger partial charge in [-0.3, -0.25) is 0 Å². The number of fused-ring (bicyclic) bond motifs is 8. The predicted octanol–water partition coefficient (Wildman–Crippen LogP) is 13.7. The molecule has 8 aromatic carbocycles. The number of rotatable bonds is 3. The van der Waals surface area contributed by atoms with Gasteiger partial charge in [0.05, 0.1) is 0 Å². The second-order valence-corrected chi connectivity index (χ2v) is 15.4. The van der Waals surface area contributed by atoms with Gasteiger partial charge in [-0.1, -0.05) is 149 Å². The second-order valence-electron chi connectivity index (χ2n) is 15.4. The Morgan fingerprint density at radius 2 is 0.804 bits per heavy atom. The van der Waals surface area contributed by atoms with Crippen LogP contribution in [0.1, 0.15) is 49.9 Å². The van der Waals surface area contributed by atoms with Crippen LogP contribution in [0.2, 0.25) is 0 Å². The van der Waals surface area contributed by atoms with Crippen molar-refractivity contribution < 1.29 is 4.39 Å². The van der Waals surface area contributed by atoms with E-state index >= 15 is 0 Å². The first-order valence-electron chi connectivity index (χ1n) is 18.0. The normalized spacial score (nSPS) is 14.7. The summed E-state index contributed by atoms with van der Waals surface area (Å²) < 4.78 is 14.3. The van der Waals surface area contributed by atoms with Crippen LogP contribution in [0.5, 0.6) is 0 Å². The van der Waals surface area contributed by atoms with E-state index in [1.807, 2.05) is 12.1 Å². The van der Waals surface area contributed by atoms with Gasteiger partial charge in [0.1, 0.15) is 5.82 Å². The Balaban J connectivity index is 1.26. The van der Waals surface area contributed by atoms with E-state index in [4.69, 9.17) is 0 Å². The fraction of sp³-hybridized carbons (Fsp3) is 0.120. The van der Waals surface area contributed by atoms with Gasteiger partial charge in [0.15, 0.2) is 0 Å². The van der Waals surface area contributed by atoms with Crippen LogP contribution in [0.15, 0.2) is 152 Å². The lowest BCUT2D eigenvalue weighted by Crippen LogP contribution is -2.14. The summed E-state index contributed by atoms with van der Waals surface area (Å²) in [5, 5.41) is 4.71. The lowest BCUT2D eigenvalue weighted by molar-refractivity contribution is 0.628. The van der Waals surface area contributed by atoms with Gasteiger partial charge in [-0.2, -0.15) is 0 Å². The highest BCUT2D eigenvalue weighted by molar-refractivity contribution is 6.22. The van der Waals surface area contributed by atoms with Crippen molar-refractivity contribution in [2.45, 2.75) is 38.5 Å². The molecule has 2 aliphatic carbocycles. The van der Waals surface area contributed by atoms with Crippen molar-refractivity contribution in [2.75, 3.05) is 0 Å². The van der Waals surface area contributed by atoms with E-state index in [-0.39, 0.29) is 16.6 Å². The van der Waals surface area contributed by atoms with Crippen molar-refractivity contribution in [1.82, 2.24) is 0 Å². The molecule has 244 valence electrons. The molecule has 1 heteroatoms. The summed E-state index contributed by atoms with van der Waals surface area (Å²) in [4.78, 5) is 0. The Morgan fingerprint density at radius 1 is 0.333 bits per heavy atom. The number of halogens is 1. The molecule has 0 aliphatic heterocycles. The zero-order chi connectivity index (χ0) is 34.6. The molecule has 0 saturated heterocycles. The molecule has 8 aromatic rings. The SMILES string of the molecule is CC1(C)c2ccccc2-c2cc(-c3c4ccccc4c(-c4ccc(F)cc4)c4ccc(-c5ccc6c(c5)C(C)(C)c5ccccc5-6)cc34)ccc21. The number of benzene rings is 8. The Hall–Kier alpha value is -5.79. The van der Waals surface area contributed by atoms with Crippen molar-refractivity contribution in [1.29, 1.82) is 0 Å². The van der Waals surface area contributed by atoms with Gasteiger partial charge in [-0.05, 0) is 130 Å². The van der Waals surface area contributed by atoms with Crippen LogP contribution in [0.4, 0.5) is 4.39 Å². The standard InChI is InChI=1S/C50H37F/c1-49(2)44-16-10-8-12-36(44)41-28-33(21-26-45(41)49)48-39-14-6-5-13-38(39)47(30-17-22-34(51)23-18-30)40-25-20-31(27-42(40)48)32-19-24-37-35-11-7-9-15-43(35)50(3,4)46(37)29-32/h5-29H,1-4H3. The minimum Gasteiger partial charge on any atom is -0.207 e. The molecule has 51 heavy (non-hydrogen) atoms. The second kappa shape index (κ2) is 10.6. The third-order valence-electron chi connectivity index (χ3n) is 11.9. The van der Waals surface area contributed by atoms with E-state index in [0.717, 1.165) is 21.9 Å². The van der Waals surface area contributed by atoms with Crippen molar-refractivity contribution >= 4 is 21.5 Å². The van der Waals surface area contributed by atoms with Crippen LogP contribution in [-0.4, -0.2) is 0 Å². The van der Waals surface area contributed by atoms with Gasteiger partial charge in [0, 0.05) is 10.8 Å². The summed E-state index contributed by atoms with van der Waals surface area (Å²) in [7, 11) is 0. The third-order valence-corrected chi connectivity index (χ3v) is 11.9. The molecule has 2 aliphatic rings. The molecular formula is C50H37F. The first-order chi connectivity index (χ1) is 24.7. The Morgan fingerprint density at radius 3 is 1.51 bits per heavy atom. The summed E-state index contributed by atoms with van der Waals surface area (Å²) >= 11 is 0. The molecule has 0 saturated carbocycles. The molecule has 0 bridgehead atoms. The Bertz CT molecular complexity index is 2740. The first-order valence-corrected chi connectivity index (χ1v) is 18.0. The molecule has 0 fully saturated rings. The van der Waals surface area contributed by atoms with E-state index in [0.29, 0.717) is 0 Å². The molecule has 0 radical (unpaired) electrons. The molecule has 0 heterocycles. The molecule has 10 rings (SSSR count). The fourth-order valence-electron chi connectivity index (χ4n) is 9.36. The summed E-state index contributed by atoms with van der Waals surface area (Å²) in [6.07, 6.45) is 0. The molecule has 0 spiro atoms. The van der Waals surface area contributed by atoms with Gasteiger partial charge in [-0.25, -0.2) is 4.39 Å². The van der Waals surface area contributed by atoms with Crippen LogP contribution in [-0.2, 0) is 10.8 Å². The van der Waals surface area contributed by atoms with E-state index in [9.17, 15) is 4.39 Å². The molecule has 0 atom stereocenters. The molecule has 0 N–H and O–H groups in total. The maximum absolute atomic E-state index is 14.3. The first kappa shape index (κ1) is 30.1. The zero-order valence-electron chi connectivity index (χ0n) is 29.3. The zero-order valence-corrected chi connectivity index (χ0v) is 29.3. The molecule has 0 nitrogen and oxygen atoms in total. The van der Waals surface area contributed by atoms with E-state index in [1.165, 1.54) is 77.5 Å². The Kier molecular flexibility index (Phi) is 6.25. The third kappa shape index (κ3) is 4.25. The average molecular weight is 657 g/mol. The molecule has 0 aromatic heterocycles. The molecule has 0 amide bonds. The van der Waals surface area contributed by atoms with Crippen LogP contribution >= 0.6 is 0 Å². The van der Waals surface area contributed by atoms with Crippen LogP contribution < -0.4 is 0 Å². The maximum Gasteiger partial charge on any atom is 0.123 e. The summed E-state index contributed by atoms with van der Waals surface area (Å²) in [5.41, 5.74) is 17.6. The van der Waals surface area contributed by atoms with E-state index < -0.39 is 0 Å².